The lowest BCUT2D eigenvalue weighted by Crippen LogP contribution is -2.46. The van der Waals surface area contributed by atoms with Crippen LogP contribution in [0.15, 0.2) is 90.1 Å². The molecule has 0 saturated carbocycles. The number of halogens is 1. The maximum Gasteiger partial charge on any atom is 0.338 e. The number of benzene rings is 3. The molecule has 1 aliphatic heterocycles. The van der Waals surface area contributed by atoms with Crippen molar-refractivity contribution < 1.29 is 23.5 Å². The van der Waals surface area contributed by atoms with Crippen molar-refractivity contribution in [2.75, 3.05) is 7.11 Å². The number of nitrogens with one attached hydrogen (secondary N) is 2. The monoisotopic (exact) mass is 460 g/mol. The van der Waals surface area contributed by atoms with Crippen LogP contribution in [-0.4, -0.2) is 19.1 Å². The summed E-state index contributed by atoms with van der Waals surface area (Å²) >= 11 is 0. The minimum absolute atomic E-state index is 0.0962. The van der Waals surface area contributed by atoms with Gasteiger partial charge in [-0.25, -0.2) is 14.0 Å². The second kappa shape index (κ2) is 10.7. The zero-order chi connectivity index (χ0) is 23.9. The molecule has 1 heterocycles. The van der Waals surface area contributed by atoms with Gasteiger partial charge >= 0.3 is 12.0 Å². The Morgan fingerprint density at radius 1 is 0.912 bits per heavy atom. The van der Waals surface area contributed by atoms with Gasteiger partial charge in [-0.3, -0.25) is 0 Å². The molecule has 0 radical (unpaired) electrons. The number of amides is 2. The Labute approximate surface area is 197 Å². The molecule has 2 N–H and O–H groups in total. The molecule has 0 bridgehead atoms. The number of hydrogen-bond donors (Lipinski definition) is 2. The maximum absolute atomic E-state index is 13.5. The van der Waals surface area contributed by atoms with E-state index in [4.69, 9.17) is 9.47 Å². The third-order valence-electron chi connectivity index (χ3n) is 5.61. The molecule has 0 spiro atoms. The molecule has 2 amide bonds. The van der Waals surface area contributed by atoms with Gasteiger partial charge in [0.1, 0.15) is 18.2 Å². The van der Waals surface area contributed by atoms with Crippen LogP contribution in [-0.2, 0) is 22.6 Å². The Hall–Kier alpha value is -4.13. The zero-order valence-corrected chi connectivity index (χ0v) is 18.7. The fraction of sp³-hybridized carbons (Fsp3) is 0.185. The Balaban J connectivity index is 1.63. The van der Waals surface area contributed by atoms with Crippen LogP contribution in [0, 0.1) is 5.82 Å². The first kappa shape index (κ1) is 23.0. The first-order valence-electron chi connectivity index (χ1n) is 10.9. The number of allylic oxidation sites excluding steroid dienone is 1. The molecule has 34 heavy (non-hydrogen) atoms. The van der Waals surface area contributed by atoms with Gasteiger partial charge < -0.3 is 20.1 Å². The molecule has 3 aromatic rings. The minimum Gasteiger partial charge on any atom is -0.497 e. The first-order valence-corrected chi connectivity index (χ1v) is 10.9. The van der Waals surface area contributed by atoms with Crippen LogP contribution in [0.4, 0.5) is 9.18 Å². The first-order chi connectivity index (χ1) is 16.5. The van der Waals surface area contributed by atoms with Gasteiger partial charge in [-0.15, -0.1) is 0 Å². The summed E-state index contributed by atoms with van der Waals surface area (Å²) in [5.74, 6) is -0.198. The van der Waals surface area contributed by atoms with Crippen LogP contribution in [0.3, 0.4) is 0 Å². The van der Waals surface area contributed by atoms with Crippen molar-refractivity contribution >= 4 is 12.0 Å². The van der Waals surface area contributed by atoms with E-state index in [1.165, 1.54) is 12.1 Å². The van der Waals surface area contributed by atoms with Crippen LogP contribution in [0.25, 0.3) is 0 Å². The second-order valence-corrected chi connectivity index (χ2v) is 7.89. The maximum atomic E-state index is 13.5. The molecule has 0 fully saturated rings. The molecule has 1 aliphatic rings. The average Bonchev–Trinajstić information content (AvgIpc) is 2.87. The quantitative estimate of drug-likeness (QED) is 0.473. The summed E-state index contributed by atoms with van der Waals surface area (Å²) in [4.78, 5) is 25.7. The molecule has 1 unspecified atom stereocenters. The molecule has 4 rings (SSSR count). The normalized spacial score (nSPS) is 15.4. The molecular weight excluding hydrogens is 435 g/mol. The van der Waals surface area contributed by atoms with Crippen molar-refractivity contribution in [3.63, 3.8) is 0 Å². The summed E-state index contributed by atoms with van der Waals surface area (Å²) in [7, 11) is 1.60. The minimum atomic E-state index is -0.761. The molecule has 7 heteroatoms. The third kappa shape index (κ3) is 5.61. The highest BCUT2D eigenvalue weighted by molar-refractivity contribution is 5.95. The van der Waals surface area contributed by atoms with E-state index in [0.29, 0.717) is 29.7 Å². The van der Waals surface area contributed by atoms with Crippen molar-refractivity contribution in [2.24, 2.45) is 0 Å². The Kier molecular flexibility index (Phi) is 7.22. The molecule has 0 aromatic heterocycles. The number of methoxy groups -OCH3 is 1. The van der Waals surface area contributed by atoms with E-state index in [9.17, 15) is 14.0 Å². The van der Waals surface area contributed by atoms with E-state index in [2.05, 4.69) is 10.6 Å². The number of esters is 1. The van der Waals surface area contributed by atoms with Crippen molar-refractivity contribution in [1.29, 1.82) is 0 Å². The molecule has 0 aliphatic carbocycles. The van der Waals surface area contributed by atoms with Crippen molar-refractivity contribution in [3.05, 3.63) is 113 Å². The number of urea groups is 1. The Morgan fingerprint density at radius 2 is 1.62 bits per heavy atom. The fourth-order valence-corrected chi connectivity index (χ4v) is 3.82. The lowest BCUT2D eigenvalue weighted by Gasteiger charge is -2.29. The lowest BCUT2D eigenvalue weighted by atomic mass is 9.93. The van der Waals surface area contributed by atoms with Gasteiger partial charge in [-0.2, -0.15) is 0 Å². The summed E-state index contributed by atoms with van der Waals surface area (Å²) in [6, 6.07) is 21.5. The second-order valence-electron chi connectivity index (χ2n) is 7.89. The van der Waals surface area contributed by atoms with E-state index < -0.39 is 23.9 Å². The van der Waals surface area contributed by atoms with Gasteiger partial charge in [0.15, 0.2) is 0 Å². The van der Waals surface area contributed by atoms with Crippen LogP contribution in [0.5, 0.6) is 5.75 Å². The topological polar surface area (TPSA) is 76.7 Å². The van der Waals surface area contributed by atoms with E-state index in [1.807, 2.05) is 54.6 Å². The fourth-order valence-electron chi connectivity index (χ4n) is 3.82. The standard InChI is InChI=1S/C27H25FN2O4/c1-33-22-14-7-18(8-15-22)9-16-23-24(26(31)34-17-19-5-3-2-4-6-19)25(30-27(32)29-23)20-10-12-21(28)13-11-20/h2-8,10-15,25H,9,16-17H2,1H3,(H2,29,30,32). The number of carbonyl (C=O) groups excluding carboxylic acids is 2. The summed E-state index contributed by atoms with van der Waals surface area (Å²) in [6.07, 6.45) is 0.998. The van der Waals surface area contributed by atoms with Gasteiger partial charge in [-0.1, -0.05) is 54.6 Å². The summed E-state index contributed by atoms with van der Waals surface area (Å²) in [6.45, 7) is 0.0962. The van der Waals surface area contributed by atoms with E-state index in [1.54, 1.807) is 19.2 Å². The Morgan fingerprint density at radius 3 is 2.29 bits per heavy atom. The predicted octanol–water partition coefficient (Wildman–Crippen LogP) is 4.82. The van der Waals surface area contributed by atoms with Crippen molar-refractivity contribution in [2.45, 2.75) is 25.5 Å². The number of ether oxygens (including phenoxy) is 2. The average molecular weight is 461 g/mol. The van der Waals surface area contributed by atoms with Crippen molar-refractivity contribution in [3.8, 4) is 5.75 Å². The lowest BCUT2D eigenvalue weighted by molar-refractivity contribution is -0.140. The predicted molar refractivity (Wildman–Crippen MR) is 125 cm³/mol. The number of rotatable bonds is 8. The highest BCUT2D eigenvalue weighted by Crippen LogP contribution is 2.30. The van der Waals surface area contributed by atoms with Crippen LogP contribution < -0.4 is 15.4 Å². The summed E-state index contributed by atoms with van der Waals surface area (Å²) < 4.78 is 24.3. The van der Waals surface area contributed by atoms with Crippen molar-refractivity contribution in [1.82, 2.24) is 10.6 Å². The summed E-state index contributed by atoms with van der Waals surface area (Å²) in [5, 5.41) is 5.56. The van der Waals surface area contributed by atoms with Gasteiger partial charge in [-0.05, 0) is 53.8 Å². The number of aryl methyl sites for hydroxylation is 1. The van der Waals surface area contributed by atoms with Crippen LogP contribution >= 0.6 is 0 Å². The van der Waals surface area contributed by atoms with Crippen LogP contribution in [0.2, 0.25) is 0 Å². The van der Waals surface area contributed by atoms with E-state index >= 15 is 0 Å². The molecule has 6 nitrogen and oxygen atoms in total. The van der Waals surface area contributed by atoms with Crippen LogP contribution in [0.1, 0.15) is 29.2 Å². The van der Waals surface area contributed by atoms with Gasteiger partial charge in [0.2, 0.25) is 0 Å². The van der Waals surface area contributed by atoms with E-state index in [0.717, 1.165) is 16.9 Å². The van der Waals surface area contributed by atoms with Gasteiger partial charge in [0.25, 0.3) is 0 Å². The molecule has 1 atom stereocenters. The van der Waals surface area contributed by atoms with Gasteiger partial charge in [0, 0.05) is 5.70 Å². The molecule has 174 valence electrons. The largest absolute Gasteiger partial charge is 0.497 e. The zero-order valence-electron chi connectivity index (χ0n) is 18.7. The highest BCUT2D eigenvalue weighted by atomic mass is 19.1. The SMILES string of the molecule is COc1ccc(CCC2=C(C(=O)OCc3ccccc3)C(c3ccc(F)cc3)NC(=O)N2)cc1. The number of hydrogen-bond acceptors (Lipinski definition) is 4. The summed E-state index contributed by atoms with van der Waals surface area (Å²) in [5.41, 5.74) is 3.24. The molecule has 0 saturated heterocycles. The third-order valence-corrected chi connectivity index (χ3v) is 5.61. The number of carbonyl (C=O) groups is 2. The van der Waals surface area contributed by atoms with Gasteiger partial charge in [0.05, 0.1) is 18.7 Å². The van der Waals surface area contributed by atoms with E-state index in [-0.39, 0.29) is 6.61 Å². The smallest absolute Gasteiger partial charge is 0.338 e. The molecule has 3 aromatic carbocycles. The molecular formula is C27H25FN2O4. The highest BCUT2D eigenvalue weighted by Gasteiger charge is 2.33. The Bertz CT molecular complexity index is 1180.